The van der Waals surface area contributed by atoms with Gasteiger partial charge in [0.15, 0.2) is 0 Å². The molecule has 2 aromatic heterocycles. The quantitative estimate of drug-likeness (QED) is 0.103. The standard InChI is InChI=1S/C47H61N7O6/c1-8-32(2)30-54(46(59)60-7)44(57)50-38(27-35-20-22-36(23-21-35)39-19-12-13-24-48-39)29-41(55)40(28-34-16-10-9-11-17-34)51-43(56)42(47(4,5)6)53-26-25-52(45(53)58)31-37-18-14-15-33(3)49-37/h9-24,32,38,40-42,55H,8,25-31H2,1-7H3,(H,50,57)(H,51,56). The topological polar surface area (TPSA) is 157 Å². The van der Waals surface area contributed by atoms with E-state index < -0.39 is 41.8 Å². The van der Waals surface area contributed by atoms with Gasteiger partial charge in [0, 0.05) is 43.1 Å². The zero-order valence-electron chi connectivity index (χ0n) is 36.0. The molecule has 1 aliphatic heterocycles. The number of methoxy groups -OCH3 is 1. The molecule has 13 nitrogen and oxygen atoms in total. The van der Waals surface area contributed by atoms with Crippen LogP contribution in [0, 0.1) is 18.3 Å². The van der Waals surface area contributed by atoms with Crippen molar-refractivity contribution in [1.29, 1.82) is 0 Å². The molecule has 5 atom stereocenters. The van der Waals surface area contributed by atoms with E-state index in [1.165, 1.54) is 7.11 Å². The Hall–Kier alpha value is -5.82. The second-order valence-electron chi connectivity index (χ2n) is 16.9. The van der Waals surface area contributed by atoms with Crippen molar-refractivity contribution in [2.75, 3.05) is 26.7 Å². The molecule has 13 heteroatoms. The van der Waals surface area contributed by atoms with Gasteiger partial charge in [0.2, 0.25) is 5.91 Å². The van der Waals surface area contributed by atoms with E-state index >= 15 is 0 Å². The zero-order valence-corrected chi connectivity index (χ0v) is 36.0. The summed E-state index contributed by atoms with van der Waals surface area (Å²) in [6.07, 6.45) is 1.17. The van der Waals surface area contributed by atoms with Gasteiger partial charge in [0.1, 0.15) is 6.04 Å². The summed E-state index contributed by atoms with van der Waals surface area (Å²) >= 11 is 0. The summed E-state index contributed by atoms with van der Waals surface area (Å²) < 4.78 is 4.99. The Morgan fingerprint density at radius 1 is 0.900 bits per heavy atom. The van der Waals surface area contributed by atoms with Gasteiger partial charge < -0.3 is 30.3 Å². The van der Waals surface area contributed by atoms with Crippen LogP contribution in [-0.2, 0) is 28.9 Å². The number of rotatable bonds is 17. The van der Waals surface area contributed by atoms with Crippen LogP contribution in [0.3, 0.4) is 0 Å². The number of imide groups is 1. The van der Waals surface area contributed by atoms with Crippen molar-refractivity contribution in [2.24, 2.45) is 11.3 Å². The molecule has 0 aliphatic carbocycles. The third-order valence-electron chi connectivity index (χ3n) is 11.0. The van der Waals surface area contributed by atoms with Crippen LogP contribution in [0.1, 0.15) is 70.0 Å². The number of pyridine rings is 2. The summed E-state index contributed by atoms with van der Waals surface area (Å²) in [5, 5.41) is 18.4. The fourth-order valence-electron chi connectivity index (χ4n) is 7.61. The van der Waals surface area contributed by atoms with Crippen LogP contribution in [0.5, 0.6) is 0 Å². The molecule has 0 radical (unpaired) electrons. The van der Waals surface area contributed by atoms with Gasteiger partial charge in [0.25, 0.3) is 0 Å². The van der Waals surface area contributed by atoms with Gasteiger partial charge in [-0.2, -0.15) is 0 Å². The first-order valence-electron chi connectivity index (χ1n) is 20.8. The molecule has 0 saturated carbocycles. The average molecular weight is 820 g/mol. The Bertz CT molecular complexity index is 2030. The monoisotopic (exact) mass is 819 g/mol. The predicted octanol–water partition coefficient (Wildman–Crippen LogP) is 7.02. The minimum Gasteiger partial charge on any atom is -0.452 e. The molecule has 1 fully saturated rings. The lowest BCUT2D eigenvalue weighted by molar-refractivity contribution is -0.130. The molecular weight excluding hydrogens is 759 g/mol. The predicted molar refractivity (Wildman–Crippen MR) is 232 cm³/mol. The summed E-state index contributed by atoms with van der Waals surface area (Å²) in [4.78, 5) is 68.7. The number of hydrogen-bond acceptors (Lipinski definition) is 8. The molecule has 4 aromatic rings. The fraction of sp³-hybridized carbons (Fsp3) is 0.447. The zero-order chi connectivity index (χ0) is 43.4. The lowest BCUT2D eigenvalue weighted by atomic mass is 9.84. The smallest absolute Gasteiger partial charge is 0.417 e. The van der Waals surface area contributed by atoms with Crippen molar-refractivity contribution in [2.45, 2.75) is 98.0 Å². The average Bonchev–Trinajstić information content (AvgIpc) is 3.57. The van der Waals surface area contributed by atoms with Crippen LogP contribution in [0.2, 0.25) is 0 Å². The maximum Gasteiger partial charge on any atom is 0.417 e. The van der Waals surface area contributed by atoms with Crippen LogP contribution >= 0.6 is 0 Å². The van der Waals surface area contributed by atoms with Crippen LogP contribution < -0.4 is 10.6 Å². The van der Waals surface area contributed by atoms with Gasteiger partial charge in [-0.3, -0.25) is 14.8 Å². The second kappa shape index (κ2) is 20.9. The Morgan fingerprint density at radius 2 is 1.60 bits per heavy atom. The van der Waals surface area contributed by atoms with E-state index in [-0.39, 0.29) is 37.2 Å². The van der Waals surface area contributed by atoms with Crippen molar-refractivity contribution in [3.8, 4) is 11.3 Å². The molecule has 6 amide bonds. The number of nitrogens with one attached hydrogen (secondary N) is 2. The molecule has 3 heterocycles. The second-order valence-corrected chi connectivity index (χ2v) is 16.9. The number of ether oxygens (including phenoxy) is 1. The van der Waals surface area contributed by atoms with E-state index in [0.29, 0.717) is 26.1 Å². The van der Waals surface area contributed by atoms with E-state index in [1.807, 2.05) is 133 Å². The Kier molecular flexibility index (Phi) is 15.8. The molecule has 320 valence electrons. The lowest BCUT2D eigenvalue weighted by Crippen LogP contribution is -2.59. The summed E-state index contributed by atoms with van der Waals surface area (Å²) in [5.41, 5.74) is 4.49. The van der Waals surface area contributed by atoms with E-state index in [0.717, 1.165) is 45.1 Å². The highest BCUT2D eigenvalue weighted by Crippen LogP contribution is 2.29. The molecule has 5 unspecified atom stereocenters. The normalized spacial score (nSPS) is 15.4. The number of aliphatic hydroxyl groups excluding tert-OH is 1. The summed E-state index contributed by atoms with van der Waals surface area (Å²) in [7, 11) is 1.24. The van der Waals surface area contributed by atoms with Crippen LogP contribution in [0.4, 0.5) is 14.4 Å². The summed E-state index contributed by atoms with van der Waals surface area (Å²) in [6, 6.07) is 25.6. The molecular formula is C47H61N7O6. The highest BCUT2D eigenvalue weighted by Gasteiger charge is 2.44. The maximum atomic E-state index is 14.6. The summed E-state index contributed by atoms with van der Waals surface area (Å²) in [6.45, 7) is 12.9. The first-order valence-corrected chi connectivity index (χ1v) is 20.8. The van der Waals surface area contributed by atoms with E-state index in [9.17, 15) is 24.3 Å². The van der Waals surface area contributed by atoms with Crippen LogP contribution in [0.25, 0.3) is 11.3 Å². The molecule has 1 aliphatic rings. The van der Waals surface area contributed by atoms with Crippen molar-refractivity contribution < 1.29 is 29.0 Å². The van der Waals surface area contributed by atoms with Crippen LogP contribution in [-0.4, -0.2) is 105 Å². The number of urea groups is 2. The third kappa shape index (κ3) is 12.4. The fourth-order valence-corrected chi connectivity index (χ4v) is 7.61. The number of benzene rings is 2. The van der Waals surface area contributed by atoms with E-state index in [4.69, 9.17) is 4.74 Å². The molecule has 0 bridgehead atoms. The van der Waals surface area contributed by atoms with E-state index in [2.05, 4.69) is 20.6 Å². The number of amides is 6. The number of aryl methyl sites for hydroxylation is 1. The maximum absolute atomic E-state index is 14.6. The van der Waals surface area contributed by atoms with Crippen molar-refractivity contribution in [1.82, 2.24) is 35.3 Å². The molecule has 0 spiro atoms. The third-order valence-corrected chi connectivity index (χ3v) is 11.0. The number of carbonyl (C=O) groups excluding carboxylic acids is 4. The van der Waals surface area contributed by atoms with Crippen molar-refractivity contribution in [3.05, 3.63) is 120 Å². The van der Waals surface area contributed by atoms with Gasteiger partial charge in [0.05, 0.1) is 37.2 Å². The highest BCUT2D eigenvalue weighted by atomic mass is 16.5. The number of carbonyl (C=O) groups is 4. The Labute approximate surface area is 354 Å². The minimum atomic E-state index is -1.16. The minimum absolute atomic E-state index is 0.0213. The first kappa shape index (κ1) is 45.3. The number of aliphatic hydroxyl groups is 1. The largest absolute Gasteiger partial charge is 0.452 e. The highest BCUT2D eigenvalue weighted by molar-refractivity contribution is 5.91. The van der Waals surface area contributed by atoms with Crippen molar-refractivity contribution >= 4 is 24.1 Å². The molecule has 1 saturated heterocycles. The van der Waals surface area contributed by atoms with E-state index in [1.54, 1.807) is 16.0 Å². The number of aromatic nitrogens is 2. The number of hydrogen-bond donors (Lipinski definition) is 3. The summed E-state index contributed by atoms with van der Waals surface area (Å²) in [5.74, 6) is -0.365. The molecule has 2 aromatic carbocycles. The van der Waals surface area contributed by atoms with Gasteiger partial charge in [-0.15, -0.1) is 0 Å². The number of nitrogens with zero attached hydrogens (tertiary/aromatic N) is 5. The lowest BCUT2D eigenvalue weighted by Gasteiger charge is -2.38. The van der Waals surface area contributed by atoms with Crippen LogP contribution in [0.15, 0.2) is 97.2 Å². The van der Waals surface area contributed by atoms with Crippen molar-refractivity contribution in [3.63, 3.8) is 0 Å². The van der Waals surface area contributed by atoms with Gasteiger partial charge >= 0.3 is 18.2 Å². The SMILES string of the molecule is CCC(C)CN(C(=O)NC(Cc1ccc(-c2ccccn2)cc1)CC(O)C(Cc1ccccc1)NC(=O)C(N1CCN(Cc2cccc(C)n2)C1=O)C(C)(C)C)C(=O)OC. The Morgan fingerprint density at radius 3 is 2.23 bits per heavy atom. The first-order chi connectivity index (χ1) is 28.7. The molecule has 3 N–H and O–H groups in total. The Balaban J connectivity index is 1.41. The molecule has 5 rings (SSSR count). The van der Waals surface area contributed by atoms with Gasteiger partial charge in [-0.05, 0) is 72.9 Å². The molecule has 60 heavy (non-hydrogen) atoms. The van der Waals surface area contributed by atoms with Gasteiger partial charge in [-0.25, -0.2) is 19.3 Å². The van der Waals surface area contributed by atoms with Gasteiger partial charge in [-0.1, -0.05) is 108 Å².